The summed E-state index contributed by atoms with van der Waals surface area (Å²) in [6.45, 7) is 5.35. The molecule has 0 heterocycles. The summed E-state index contributed by atoms with van der Waals surface area (Å²) in [5.74, 6) is -0.793. The lowest BCUT2D eigenvalue weighted by atomic mass is 10.0. The van der Waals surface area contributed by atoms with E-state index in [1.807, 2.05) is 13.8 Å². The summed E-state index contributed by atoms with van der Waals surface area (Å²) in [7, 11) is -0.830. The van der Waals surface area contributed by atoms with Crippen molar-refractivity contribution >= 4 is 15.9 Å². The molecule has 0 spiro atoms. The van der Waals surface area contributed by atoms with Gasteiger partial charge in [-0.25, -0.2) is 12.8 Å². The Morgan fingerprint density at radius 3 is 2.36 bits per heavy atom. The van der Waals surface area contributed by atoms with Crippen LogP contribution < -0.4 is 4.72 Å². The van der Waals surface area contributed by atoms with Gasteiger partial charge in [0.25, 0.3) is 0 Å². The van der Waals surface area contributed by atoms with E-state index in [9.17, 15) is 17.6 Å². The molecule has 1 aromatic rings. The van der Waals surface area contributed by atoms with Crippen LogP contribution in [-0.4, -0.2) is 39.4 Å². The average molecular weight is 330 g/mol. The first-order valence-corrected chi connectivity index (χ1v) is 8.52. The minimum Gasteiger partial charge on any atom is -0.347 e. The molecule has 1 aromatic carbocycles. The number of amides is 1. The second-order valence-electron chi connectivity index (χ2n) is 5.95. The number of hydrogen-bond acceptors (Lipinski definition) is 3. The molecule has 7 heteroatoms. The van der Waals surface area contributed by atoms with Gasteiger partial charge in [0.1, 0.15) is 11.9 Å². The molecule has 0 bridgehead atoms. The smallest absolute Gasteiger partial charge is 0.241 e. The summed E-state index contributed by atoms with van der Waals surface area (Å²) in [6, 6.07) is 2.82. The van der Waals surface area contributed by atoms with Crippen LogP contribution in [0.5, 0.6) is 0 Å². The third-order valence-electron chi connectivity index (χ3n) is 3.20. The zero-order valence-electron chi connectivity index (χ0n) is 13.6. The lowest BCUT2D eigenvalue weighted by Gasteiger charge is -2.23. The van der Waals surface area contributed by atoms with Gasteiger partial charge in [0.05, 0.1) is 4.90 Å². The standard InChI is InChI=1S/C15H23FN2O3S/c1-10(2)8-14(15(19)18(4)5)17-22(20,21)12-7-6-11(3)13(16)9-12/h6-7,9-10,14,17H,8H2,1-5H3/t14-/m0/s1. The van der Waals surface area contributed by atoms with Gasteiger partial charge in [-0.1, -0.05) is 19.9 Å². The van der Waals surface area contributed by atoms with Crippen molar-refractivity contribution in [2.45, 2.75) is 38.1 Å². The van der Waals surface area contributed by atoms with Gasteiger partial charge in [-0.2, -0.15) is 4.72 Å². The van der Waals surface area contributed by atoms with Crippen molar-refractivity contribution in [3.63, 3.8) is 0 Å². The van der Waals surface area contributed by atoms with Gasteiger partial charge in [0, 0.05) is 14.1 Å². The summed E-state index contributed by atoms with van der Waals surface area (Å²) < 4.78 is 40.7. The van der Waals surface area contributed by atoms with Gasteiger partial charge >= 0.3 is 0 Å². The van der Waals surface area contributed by atoms with Crippen LogP contribution in [0.25, 0.3) is 0 Å². The molecule has 0 aliphatic carbocycles. The maximum Gasteiger partial charge on any atom is 0.241 e. The second kappa shape index (κ2) is 7.19. The molecule has 0 saturated heterocycles. The van der Waals surface area contributed by atoms with E-state index in [0.29, 0.717) is 12.0 Å². The summed E-state index contributed by atoms with van der Waals surface area (Å²) in [5, 5.41) is 0. The molecular weight excluding hydrogens is 307 g/mol. The van der Waals surface area contributed by atoms with E-state index in [1.165, 1.54) is 17.0 Å². The largest absolute Gasteiger partial charge is 0.347 e. The molecular formula is C15H23FN2O3S. The van der Waals surface area contributed by atoms with Crippen LogP contribution in [-0.2, 0) is 14.8 Å². The molecule has 5 nitrogen and oxygen atoms in total. The first kappa shape index (κ1) is 18.6. The quantitative estimate of drug-likeness (QED) is 0.866. The number of hydrogen-bond donors (Lipinski definition) is 1. The number of nitrogens with zero attached hydrogens (tertiary/aromatic N) is 1. The summed E-state index contributed by atoms with van der Waals surface area (Å²) in [6.07, 6.45) is 0.366. The molecule has 0 unspecified atom stereocenters. The molecule has 0 aliphatic heterocycles. The Morgan fingerprint density at radius 2 is 1.91 bits per heavy atom. The van der Waals surface area contributed by atoms with Crippen molar-refractivity contribution in [3.05, 3.63) is 29.6 Å². The van der Waals surface area contributed by atoms with Crippen LogP contribution in [0.15, 0.2) is 23.1 Å². The number of aryl methyl sites for hydroxylation is 1. The van der Waals surface area contributed by atoms with Gasteiger partial charge in [-0.3, -0.25) is 4.79 Å². The molecule has 1 rings (SSSR count). The number of carbonyl (C=O) groups is 1. The highest BCUT2D eigenvalue weighted by Gasteiger charge is 2.27. The van der Waals surface area contributed by atoms with Gasteiger partial charge in [-0.15, -0.1) is 0 Å². The van der Waals surface area contributed by atoms with E-state index in [0.717, 1.165) is 6.07 Å². The Balaban J connectivity index is 3.09. The van der Waals surface area contributed by atoms with Crippen molar-refractivity contribution in [1.29, 1.82) is 0 Å². The molecule has 0 radical (unpaired) electrons. The number of sulfonamides is 1. The van der Waals surface area contributed by atoms with Crippen LogP contribution in [0.2, 0.25) is 0 Å². The first-order valence-electron chi connectivity index (χ1n) is 7.04. The Bertz CT molecular complexity index is 642. The van der Waals surface area contributed by atoms with E-state index in [2.05, 4.69) is 4.72 Å². The molecule has 1 N–H and O–H groups in total. The summed E-state index contributed by atoms with van der Waals surface area (Å²) >= 11 is 0. The van der Waals surface area contributed by atoms with E-state index in [1.54, 1.807) is 21.0 Å². The minimum absolute atomic E-state index is 0.131. The van der Waals surface area contributed by atoms with Crippen LogP contribution in [0.1, 0.15) is 25.8 Å². The number of carbonyl (C=O) groups excluding carboxylic acids is 1. The number of benzene rings is 1. The molecule has 22 heavy (non-hydrogen) atoms. The average Bonchev–Trinajstić information content (AvgIpc) is 2.39. The maximum absolute atomic E-state index is 13.6. The maximum atomic E-state index is 13.6. The van der Waals surface area contributed by atoms with Gasteiger partial charge in [-0.05, 0) is 37.0 Å². The molecule has 0 aromatic heterocycles. The third-order valence-corrected chi connectivity index (χ3v) is 4.67. The molecule has 124 valence electrons. The van der Waals surface area contributed by atoms with Crippen molar-refractivity contribution in [3.8, 4) is 0 Å². The van der Waals surface area contributed by atoms with E-state index < -0.39 is 21.9 Å². The fourth-order valence-corrected chi connectivity index (χ4v) is 3.19. The van der Waals surface area contributed by atoms with Crippen LogP contribution >= 0.6 is 0 Å². The van der Waals surface area contributed by atoms with Crippen molar-refractivity contribution < 1.29 is 17.6 Å². The van der Waals surface area contributed by atoms with Crippen LogP contribution in [0.3, 0.4) is 0 Å². The first-order chi connectivity index (χ1) is 10.0. The fraction of sp³-hybridized carbons (Fsp3) is 0.533. The van der Waals surface area contributed by atoms with Crippen molar-refractivity contribution in [2.24, 2.45) is 5.92 Å². The Labute approximate surface area is 131 Å². The summed E-state index contributed by atoms with van der Waals surface area (Å²) in [4.78, 5) is 13.3. The van der Waals surface area contributed by atoms with E-state index in [4.69, 9.17) is 0 Å². The number of halogens is 1. The number of likely N-dealkylation sites (N-methyl/N-ethyl adjacent to an activating group) is 1. The zero-order valence-corrected chi connectivity index (χ0v) is 14.4. The van der Waals surface area contributed by atoms with Crippen molar-refractivity contribution in [2.75, 3.05) is 14.1 Å². The number of rotatable bonds is 6. The highest BCUT2D eigenvalue weighted by atomic mass is 32.2. The molecule has 0 aliphatic rings. The minimum atomic E-state index is -3.96. The monoisotopic (exact) mass is 330 g/mol. The predicted octanol–water partition coefficient (Wildman–Crippen LogP) is 1.92. The third kappa shape index (κ3) is 4.78. The highest BCUT2D eigenvalue weighted by molar-refractivity contribution is 7.89. The second-order valence-corrected chi connectivity index (χ2v) is 7.66. The Kier molecular flexibility index (Phi) is 6.08. The molecule has 0 saturated carbocycles. The summed E-state index contributed by atoms with van der Waals surface area (Å²) in [5.41, 5.74) is 0.363. The van der Waals surface area contributed by atoms with E-state index >= 15 is 0 Å². The van der Waals surface area contributed by atoms with Gasteiger partial charge < -0.3 is 4.90 Å². The Morgan fingerprint density at radius 1 is 1.32 bits per heavy atom. The molecule has 0 fully saturated rings. The normalized spacial score (nSPS) is 13.2. The number of nitrogens with one attached hydrogen (secondary N) is 1. The lowest BCUT2D eigenvalue weighted by Crippen LogP contribution is -2.46. The topological polar surface area (TPSA) is 66.5 Å². The van der Waals surface area contributed by atoms with E-state index in [-0.39, 0.29) is 16.7 Å². The lowest BCUT2D eigenvalue weighted by molar-refractivity contribution is -0.130. The highest BCUT2D eigenvalue weighted by Crippen LogP contribution is 2.16. The Hall–Kier alpha value is -1.47. The molecule has 1 atom stereocenters. The predicted molar refractivity (Wildman–Crippen MR) is 83.4 cm³/mol. The fourth-order valence-electron chi connectivity index (χ4n) is 1.98. The molecule has 1 amide bonds. The zero-order chi connectivity index (χ0) is 17.1. The SMILES string of the molecule is Cc1ccc(S(=O)(=O)N[C@@H](CC(C)C)C(=O)N(C)C)cc1F. The van der Waals surface area contributed by atoms with Crippen LogP contribution in [0, 0.1) is 18.7 Å². The van der Waals surface area contributed by atoms with Crippen LogP contribution in [0.4, 0.5) is 4.39 Å². The van der Waals surface area contributed by atoms with Crippen molar-refractivity contribution in [1.82, 2.24) is 9.62 Å². The van der Waals surface area contributed by atoms with Gasteiger partial charge in [0.2, 0.25) is 15.9 Å². The van der Waals surface area contributed by atoms with Gasteiger partial charge in [0.15, 0.2) is 0 Å².